The molecular formula is C19H24N4O2. The summed E-state index contributed by atoms with van der Waals surface area (Å²) in [5, 5.41) is 23.4. The first-order chi connectivity index (χ1) is 12.3. The molecule has 1 aliphatic heterocycles. The lowest BCUT2D eigenvalue weighted by Crippen LogP contribution is -2.42. The van der Waals surface area contributed by atoms with Gasteiger partial charge < -0.3 is 20.4 Å². The van der Waals surface area contributed by atoms with Crippen LogP contribution in [-0.2, 0) is 6.42 Å². The normalized spacial score (nSPS) is 25.7. The van der Waals surface area contributed by atoms with Crippen molar-refractivity contribution in [2.75, 3.05) is 23.4 Å². The molecule has 0 radical (unpaired) electrons. The van der Waals surface area contributed by atoms with E-state index in [-0.39, 0.29) is 18.7 Å². The van der Waals surface area contributed by atoms with Gasteiger partial charge in [-0.3, -0.25) is 0 Å². The first kappa shape index (κ1) is 16.3. The Labute approximate surface area is 147 Å². The van der Waals surface area contributed by atoms with Crippen LogP contribution in [0.5, 0.6) is 0 Å². The van der Waals surface area contributed by atoms with E-state index in [1.165, 1.54) is 5.56 Å². The summed E-state index contributed by atoms with van der Waals surface area (Å²) in [6.07, 6.45) is 4.98. The van der Waals surface area contributed by atoms with Crippen LogP contribution in [0.25, 0.3) is 0 Å². The zero-order valence-electron chi connectivity index (χ0n) is 14.2. The Bertz CT molecular complexity index is 739. The number of aliphatic hydroxyl groups is 2. The van der Waals surface area contributed by atoms with Gasteiger partial charge in [-0.1, -0.05) is 24.3 Å². The highest BCUT2D eigenvalue weighted by Gasteiger charge is 2.31. The molecule has 1 saturated heterocycles. The van der Waals surface area contributed by atoms with Gasteiger partial charge >= 0.3 is 0 Å². The summed E-state index contributed by atoms with van der Waals surface area (Å²) in [5.41, 5.74) is 2.31. The van der Waals surface area contributed by atoms with Crippen LogP contribution >= 0.6 is 0 Å². The summed E-state index contributed by atoms with van der Waals surface area (Å²) < 4.78 is 0. The quantitative estimate of drug-likeness (QED) is 0.789. The molecule has 6 heteroatoms. The summed E-state index contributed by atoms with van der Waals surface area (Å²) >= 11 is 0. The Hall–Kier alpha value is -2.18. The molecule has 0 spiro atoms. The van der Waals surface area contributed by atoms with Gasteiger partial charge in [-0.2, -0.15) is 0 Å². The summed E-state index contributed by atoms with van der Waals surface area (Å²) in [4.78, 5) is 10.9. The van der Waals surface area contributed by atoms with Crippen LogP contribution in [0, 0.1) is 0 Å². The van der Waals surface area contributed by atoms with Crippen LogP contribution in [0.15, 0.2) is 36.7 Å². The van der Waals surface area contributed by atoms with Crippen molar-refractivity contribution in [3.05, 3.63) is 47.8 Å². The van der Waals surface area contributed by atoms with Gasteiger partial charge in [0.15, 0.2) is 0 Å². The minimum Gasteiger partial charge on any atom is -0.394 e. The molecule has 0 saturated carbocycles. The fraction of sp³-hybridized carbons (Fsp3) is 0.474. The number of rotatable bonds is 4. The zero-order valence-corrected chi connectivity index (χ0v) is 14.2. The highest BCUT2D eigenvalue weighted by atomic mass is 16.3. The maximum absolute atomic E-state index is 10.4. The van der Waals surface area contributed by atoms with Crippen molar-refractivity contribution in [1.29, 1.82) is 0 Å². The highest BCUT2D eigenvalue weighted by molar-refractivity contribution is 5.52. The van der Waals surface area contributed by atoms with Crippen LogP contribution in [0.4, 0.5) is 11.6 Å². The summed E-state index contributed by atoms with van der Waals surface area (Å²) in [5.74, 6) is 1.53. The van der Waals surface area contributed by atoms with Crippen LogP contribution in [0.1, 0.15) is 36.4 Å². The lowest BCUT2D eigenvalue weighted by molar-refractivity contribution is 0.165. The van der Waals surface area contributed by atoms with Gasteiger partial charge in [0.25, 0.3) is 0 Å². The predicted octanol–water partition coefficient (Wildman–Crippen LogP) is 1.90. The van der Waals surface area contributed by atoms with Crippen molar-refractivity contribution in [3.8, 4) is 0 Å². The standard InChI is InChI=1S/C19H24N4O2/c24-11-14-6-3-4-8-23(14)18-10-17(20-12-21-18)22-19-15-7-2-1-5-13(15)9-16(19)25/h1-2,5,7,10,12,14,16,19,24-25H,3-4,6,8-9,11H2,(H,20,21,22)/t14?,16-,19+/m1/s1. The maximum Gasteiger partial charge on any atom is 0.134 e. The average molecular weight is 340 g/mol. The van der Waals surface area contributed by atoms with E-state index in [0.29, 0.717) is 12.2 Å². The average Bonchev–Trinajstić information content (AvgIpc) is 2.97. The van der Waals surface area contributed by atoms with Crippen LogP contribution in [-0.4, -0.2) is 45.5 Å². The second kappa shape index (κ2) is 6.98. The van der Waals surface area contributed by atoms with E-state index in [1.807, 2.05) is 18.2 Å². The number of piperidine rings is 1. The van der Waals surface area contributed by atoms with E-state index in [4.69, 9.17) is 0 Å². The second-order valence-electron chi connectivity index (χ2n) is 6.88. The third-order valence-corrected chi connectivity index (χ3v) is 5.29. The van der Waals surface area contributed by atoms with E-state index >= 15 is 0 Å². The molecule has 3 N–H and O–H groups in total. The Morgan fingerprint density at radius 1 is 1.20 bits per heavy atom. The van der Waals surface area contributed by atoms with Crippen molar-refractivity contribution in [2.45, 2.75) is 43.9 Å². The Kier molecular flexibility index (Phi) is 4.55. The minimum absolute atomic E-state index is 0.120. The molecule has 4 rings (SSSR count). The number of anilines is 2. The van der Waals surface area contributed by atoms with E-state index in [2.05, 4.69) is 32.3 Å². The lowest BCUT2D eigenvalue weighted by atomic mass is 10.0. The van der Waals surface area contributed by atoms with Crippen molar-refractivity contribution in [1.82, 2.24) is 9.97 Å². The first-order valence-corrected chi connectivity index (χ1v) is 8.98. The maximum atomic E-state index is 10.4. The number of aliphatic hydroxyl groups excluding tert-OH is 2. The number of fused-ring (bicyclic) bond motifs is 1. The van der Waals surface area contributed by atoms with Gasteiger partial charge in [0, 0.05) is 19.0 Å². The molecule has 2 aliphatic rings. The highest BCUT2D eigenvalue weighted by Crippen LogP contribution is 2.34. The fourth-order valence-electron chi connectivity index (χ4n) is 3.98. The summed E-state index contributed by atoms with van der Waals surface area (Å²) in [6.45, 7) is 1.04. The van der Waals surface area contributed by atoms with Gasteiger partial charge in [-0.25, -0.2) is 9.97 Å². The summed E-state index contributed by atoms with van der Waals surface area (Å²) in [6, 6.07) is 9.99. The van der Waals surface area contributed by atoms with E-state index in [0.717, 1.165) is 37.2 Å². The molecule has 0 amide bonds. The van der Waals surface area contributed by atoms with Crippen molar-refractivity contribution in [2.24, 2.45) is 0 Å². The fourth-order valence-corrected chi connectivity index (χ4v) is 3.98. The monoisotopic (exact) mass is 340 g/mol. The molecule has 3 atom stereocenters. The largest absolute Gasteiger partial charge is 0.394 e. The Morgan fingerprint density at radius 2 is 2.08 bits per heavy atom. The van der Waals surface area contributed by atoms with Gasteiger partial charge in [-0.15, -0.1) is 0 Å². The molecule has 1 unspecified atom stereocenters. The Morgan fingerprint density at radius 3 is 2.96 bits per heavy atom. The molecule has 25 heavy (non-hydrogen) atoms. The predicted molar refractivity (Wildman–Crippen MR) is 96.6 cm³/mol. The van der Waals surface area contributed by atoms with Crippen molar-refractivity contribution in [3.63, 3.8) is 0 Å². The molecule has 1 aromatic carbocycles. The molecule has 1 aliphatic carbocycles. The Balaban J connectivity index is 1.56. The SMILES string of the molecule is OCC1CCCCN1c1cc(N[C@H]2c3ccccc3C[C@H]2O)ncn1. The number of aromatic nitrogens is 2. The van der Waals surface area contributed by atoms with Gasteiger partial charge in [0.1, 0.15) is 18.0 Å². The number of hydrogen-bond acceptors (Lipinski definition) is 6. The second-order valence-corrected chi connectivity index (χ2v) is 6.88. The van der Waals surface area contributed by atoms with Crippen LogP contribution in [0.2, 0.25) is 0 Å². The van der Waals surface area contributed by atoms with Crippen molar-refractivity contribution < 1.29 is 10.2 Å². The number of hydrogen-bond donors (Lipinski definition) is 3. The van der Waals surface area contributed by atoms with Gasteiger partial charge in [0.05, 0.1) is 24.8 Å². The van der Waals surface area contributed by atoms with E-state index in [9.17, 15) is 10.2 Å². The summed E-state index contributed by atoms with van der Waals surface area (Å²) in [7, 11) is 0. The third kappa shape index (κ3) is 3.19. The van der Waals surface area contributed by atoms with E-state index in [1.54, 1.807) is 6.33 Å². The topological polar surface area (TPSA) is 81.5 Å². The smallest absolute Gasteiger partial charge is 0.134 e. The first-order valence-electron chi connectivity index (χ1n) is 8.98. The molecular weight excluding hydrogens is 316 g/mol. The number of benzene rings is 1. The van der Waals surface area contributed by atoms with E-state index < -0.39 is 6.10 Å². The molecule has 0 bridgehead atoms. The molecule has 6 nitrogen and oxygen atoms in total. The zero-order chi connectivity index (χ0) is 17.2. The molecule has 2 aromatic rings. The third-order valence-electron chi connectivity index (χ3n) is 5.29. The lowest BCUT2D eigenvalue weighted by Gasteiger charge is -2.35. The van der Waals surface area contributed by atoms with Crippen LogP contribution < -0.4 is 10.2 Å². The minimum atomic E-state index is -0.462. The van der Waals surface area contributed by atoms with Gasteiger partial charge in [-0.05, 0) is 30.4 Å². The molecule has 2 heterocycles. The van der Waals surface area contributed by atoms with Crippen LogP contribution in [0.3, 0.4) is 0 Å². The molecule has 1 aromatic heterocycles. The molecule has 132 valence electrons. The molecule has 1 fully saturated rings. The number of nitrogens with zero attached hydrogens (tertiary/aromatic N) is 3. The number of nitrogens with one attached hydrogen (secondary N) is 1. The van der Waals surface area contributed by atoms with Crippen molar-refractivity contribution >= 4 is 11.6 Å². The van der Waals surface area contributed by atoms with Gasteiger partial charge in [0.2, 0.25) is 0 Å².